The molecule has 0 aliphatic carbocycles. The zero-order chi connectivity index (χ0) is 19.6. The third-order valence-electron chi connectivity index (χ3n) is 4.37. The fourth-order valence-corrected chi connectivity index (χ4v) is 3.42. The maximum Gasteiger partial charge on any atom is 0.287 e. The zero-order valence-corrected chi connectivity index (χ0v) is 16.4. The first kappa shape index (κ1) is 19.2. The predicted octanol–water partition coefficient (Wildman–Crippen LogP) is 3.27. The van der Waals surface area contributed by atoms with Crippen molar-refractivity contribution >= 4 is 29.1 Å². The molecular weight excluding hydrogens is 368 g/mol. The van der Waals surface area contributed by atoms with Gasteiger partial charge in [0.1, 0.15) is 5.75 Å². The number of imidazole rings is 1. The molecule has 0 fully saturated rings. The van der Waals surface area contributed by atoms with Gasteiger partial charge in [0.05, 0.1) is 17.8 Å². The number of amides is 2. The molecule has 0 atom stereocenters. The molecule has 7 nitrogen and oxygen atoms in total. The average Bonchev–Trinajstić information content (AvgIpc) is 3.01. The predicted molar refractivity (Wildman–Crippen MR) is 104 cm³/mol. The first-order chi connectivity index (χ1) is 12.9. The molecule has 0 unspecified atom stereocenters. The van der Waals surface area contributed by atoms with Crippen LogP contribution in [0.25, 0.3) is 0 Å². The number of fused-ring (bicyclic) bond motifs is 1. The number of halogens is 1. The molecule has 0 saturated heterocycles. The van der Waals surface area contributed by atoms with Crippen molar-refractivity contribution < 1.29 is 14.3 Å². The maximum atomic E-state index is 12.8. The highest BCUT2D eigenvalue weighted by molar-refractivity contribution is 6.32. The molecule has 3 rings (SSSR count). The van der Waals surface area contributed by atoms with Crippen molar-refractivity contribution in [2.45, 2.75) is 45.7 Å². The van der Waals surface area contributed by atoms with Crippen LogP contribution in [0.5, 0.6) is 5.75 Å². The van der Waals surface area contributed by atoms with Gasteiger partial charge in [-0.3, -0.25) is 9.59 Å². The summed E-state index contributed by atoms with van der Waals surface area (Å²) in [6.45, 7) is 4.46. The lowest BCUT2D eigenvalue weighted by Gasteiger charge is -2.17. The minimum absolute atomic E-state index is 0.00671. The lowest BCUT2D eigenvalue weighted by atomic mass is 10.1. The second-order valence-corrected chi connectivity index (χ2v) is 7.18. The van der Waals surface area contributed by atoms with E-state index in [-0.39, 0.29) is 29.4 Å². The van der Waals surface area contributed by atoms with E-state index in [1.165, 1.54) is 7.11 Å². The van der Waals surface area contributed by atoms with Gasteiger partial charge >= 0.3 is 0 Å². The van der Waals surface area contributed by atoms with Gasteiger partial charge in [0.15, 0.2) is 11.5 Å². The Bertz CT molecular complexity index is 876. The molecule has 0 spiro atoms. The number of carbonyl (C=O) groups excluding carboxylic acids is 2. The van der Waals surface area contributed by atoms with Crippen molar-refractivity contribution in [3.05, 3.63) is 40.4 Å². The van der Waals surface area contributed by atoms with Gasteiger partial charge in [-0.2, -0.15) is 0 Å². The average molecular weight is 391 g/mol. The maximum absolute atomic E-state index is 12.8. The van der Waals surface area contributed by atoms with Crippen molar-refractivity contribution in [3.8, 4) is 5.75 Å². The fourth-order valence-electron chi connectivity index (χ4n) is 3.16. The zero-order valence-electron chi connectivity index (χ0n) is 15.6. The molecule has 2 N–H and O–H groups in total. The highest BCUT2D eigenvalue weighted by atomic mass is 35.5. The standard InChI is InChI=1S/C19H23ClN4O3/c1-11(2)21-19(26)17-23-16(14-6-4-5-9-24(14)17)18(25)22-12-7-8-15(27-3)13(20)10-12/h7-8,10-11H,4-6,9H2,1-3H3,(H,21,26)(H,22,25). The number of nitrogens with zero attached hydrogens (tertiary/aromatic N) is 2. The normalized spacial score (nSPS) is 13.2. The summed E-state index contributed by atoms with van der Waals surface area (Å²) in [6.07, 6.45) is 2.64. The van der Waals surface area contributed by atoms with Crippen LogP contribution in [-0.4, -0.2) is 34.5 Å². The van der Waals surface area contributed by atoms with Crippen molar-refractivity contribution in [2.75, 3.05) is 12.4 Å². The lowest BCUT2D eigenvalue weighted by molar-refractivity contribution is 0.0927. The fraction of sp³-hybridized carbons (Fsp3) is 0.421. The SMILES string of the molecule is COc1ccc(NC(=O)c2nc(C(=O)NC(C)C)n3c2CCCC3)cc1Cl. The first-order valence-electron chi connectivity index (χ1n) is 8.96. The summed E-state index contributed by atoms with van der Waals surface area (Å²) >= 11 is 6.12. The van der Waals surface area contributed by atoms with Gasteiger partial charge in [-0.1, -0.05) is 11.6 Å². The highest BCUT2D eigenvalue weighted by Gasteiger charge is 2.27. The molecule has 144 valence electrons. The van der Waals surface area contributed by atoms with Gasteiger partial charge < -0.3 is 19.9 Å². The number of hydrogen-bond donors (Lipinski definition) is 2. The summed E-state index contributed by atoms with van der Waals surface area (Å²) in [4.78, 5) is 29.7. The molecule has 27 heavy (non-hydrogen) atoms. The quantitative estimate of drug-likeness (QED) is 0.820. The van der Waals surface area contributed by atoms with E-state index in [0.29, 0.717) is 29.4 Å². The van der Waals surface area contributed by atoms with E-state index >= 15 is 0 Å². The van der Waals surface area contributed by atoms with Crippen molar-refractivity contribution in [1.29, 1.82) is 0 Å². The van der Waals surface area contributed by atoms with Gasteiger partial charge in [0, 0.05) is 18.3 Å². The number of anilines is 1. The Kier molecular flexibility index (Phi) is 5.70. The second-order valence-electron chi connectivity index (χ2n) is 6.77. The molecule has 8 heteroatoms. The number of nitrogens with one attached hydrogen (secondary N) is 2. The Morgan fingerprint density at radius 2 is 2.04 bits per heavy atom. The van der Waals surface area contributed by atoms with Crippen molar-refractivity contribution in [1.82, 2.24) is 14.9 Å². The molecule has 0 saturated carbocycles. The van der Waals surface area contributed by atoms with E-state index in [1.54, 1.807) is 18.2 Å². The van der Waals surface area contributed by atoms with E-state index in [9.17, 15) is 9.59 Å². The summed E-state index contributed by atoms with van der Waals surface area (Å²) in [5.74, 6) is 0.197. The molecule has 0 radical (unpaired) electrons. The largest absolute Gasteiger partial charge is 0.495 e. The summed E-state index contributed by atoms with van der Waals surface area (Å²) < 4.78 is 6.98. The lowest BCUT2D eigenvalue weighted by Crippen LogP contribution is -2.33. The van der Waals surface area contributed by atoms with Crippen LogP contribution >= 0.6 is 11.6 Å². The molecule has 1 aromatic heterocycles. The Labute approximate surface area is 163 Å². The van der Waals surface area contributed by atoms with E-state index in [1.807, 2.05) is 18.4 Å². The van der Waals surface area contributed by atoms with Crippen LogP contribution in [0.3, 0.4) is 0 Å². The van der Waals surface area contributed by atoms with Crippen molar-refractivity contribution in [3.63, 3.8) is 0 Å². The molecule has 2 heterocycles. The van der Waals surface area contributed by atoms with Gasteiger partial charge in [-0.15, -0.1) is 0 Å². The number of carbonyl (C=O) groups is 2. The van der Waals surface area contributed by atoms with Crippen LogP contribution in [0.1, 0.15) is 53.5 Å². The van der Waals surface area contributed by atoms with E-state index in [0.717, 1.165) is 18.5 Å². The smallest absolute Gasteiger partial charge is 0.287 e. The Morgan fingerprint density at radius 1 is 1.26 bits per heavy atom. The van der Waals surface area contributed by atoms with E-state index < -0.39 is 0 Å². The van der Waals surface area contributed by atoms with E-state index in [2.05, 4.69) is 15.6 Å². The topological polar surface area (TPSA) is 85.2 Å². The van der Waals surface area contributed by atoms with Crippen LogP contribution < -0.4 is 15.4 Å². The summed E-state index contributed by atoms with van der Waals surface area (Å²) in [5, 5.41) is 6.05. The van der Waals surface area contributed by atoms with Crippen LogP contribution in [0.15, 0.2) is 18.2 Å². The first-order valence-corrected chi connectivity index (χ1v) is 9.33. The summed E-state index contributed by atoms with van der Waals surface area (Å²) in [7, 11) is 1.53. The summed E-state index contributed by atoms with van der Waals surface area (Å²) in [5.41, 5.74) is 1.62. The number of methoxy groups -OCH3 is 1. The third-order valence-corrected chi connectivity index (χ3v) is 4.66. The minimum atomic E-state index is -0.356. The molecule has 1 aliphatic rings. The van der Waals surface area contributed by atoms with Crippen LogP contribution in [0.2, 0.25) is 5.02 Å². The highest BCUT2D eigenvalue weighted by Crippen LogP contribution is 2.28. The molecule has 2 amide bonds. The molecule has 0 bridgehead atoms. The minimum Gasteiger partial charge on any atom is -0.495 e. The third kappa shape index (κ3) is 4.08. The van der Waals surface area contributed by atoms with Crippen molar-refractivity contribution in [2.24, 2.45) is 0 Å². The molecule has 1 aromatic carbocycles. The number of aromatic nitrogens is 2. The molecule has 1 aliphatic heterocycles. The Morgan fingerprint density at radius 3 is 2.70 bits per heavy atom. The van der Waals surface area contributed by atoms with Gasteiger partial charge in [0.2, 0.25) is 0 Å². The van der Waals surface area contributed by atoms with E-state index in [4.69, 9.17) is 16.3 Å². The second kappa shape index (κ2) is 8.00. The number of hydrogen-bond acceptors (Lipinski definition) is 4. The van der Waals surface area contributed by atoms with Gasteiger partial charge in [-0.25, -0.2) is 4.98 Å². The number of rotatable bonds is 5. The van der Waals surface area contributed by atoms with Crippen LogP contribution in [0.4, 0.5) is 5.69 Å². The van der Waals surface area contributed by atoms with Gasteiger partial charge in [0.25, 0.3) is 11.8 Å². The Balaban J connectivity index is 1.89. The van der Waals surface area contributed by atoms with Crippen LogP contribution in [-0.2, 0) is 13.0 Å². The number of ether oxygens (including phenoxy) is 1. The monoisotopic (exact) mass is 390 g/mol. The molecular formula is C19H23ClN4O3. The summed E-state index contributed by atoms with van der Waals surface area (Å²) in [6, 6.07) is 5.00. The Hall–Kier alpha value is -2.54. The number of benzene rings is 1. The van der Waals surface area contributed by atoms with Gasteiger partial charge in [-0.05, 0) is 51.3 Å². The van der Waals surface area contributed by atoms with Crippen LogP contribution in [0, 0.1) is 0 Å². The molecule has 2 aromatic rings.